The first kappa shape index (κ1) is 15.6. The van der Waals surface area contributed by atoms with E-state index in [2.05, 4.69) is 85.0 Å². The van der Waals surface area contributed by atoms with E-state index < -0.39 is 0 Å². The van der Waals surface area contributed by atoms with E-state index in [-0.39, 0.29) is 5.54 Å². The Morgan fingerprint density at radius 1 is 1.04 bits per heavy atom. The summed E-state index contributed by atoms with van der Waals surface area (Å²) in [7, 11) is 0. The van der Waals surface area contributed by atoms with E-state index >= 15 is 0 Å². The Labute approximate surface area is 154 Å². The molecule has 2 nitrogen and oxygen atoms in total. The third-order valence-corrected chi connectivity index (χ3v) is 6.56. The lowest BCUT2D eigenvalue weighted by Gasteiger charge is -2.29. The van der Waals surface area contributed by atoms with Crippen LogP contribution in [0.1, 0.15) is 44.4 Å². The zero-order valence-corrected chi connectivity index (χ0v) is 15.8. The van der Waals surface area contributed by atoms with Crippen LogP contribution < -0.4 is 4.40 Å². The lowest BCUT2D eigenvalue weighted by molar-refractivity contribution is -0.479. The minimum absolute atomic E-state index is 0.0876. The number of hydrogen-bond acceptors (Lipinski definition) is 0. The maximum Gasteiger partial charge on any atom is 0.296 e. The Hall–Kier alpha value is -2.61. The Morgan fingerprint density at radius 2 is 1.77 bits per heavy atom. The van der Waals surface area contributed by atoms with Crippen molar-refractivity contribution in [3.8, 4) is 0 Å². The third-order valence-electron chi connectivity index (χ3n) is 6.56. The number of para-hydroxylation sites is 1. The van der Waals surface area contributed by atoms with Crippen LogP contribution in [-0.4, -0.2) is 4.57 Å². The first-order valence-corrected chi connectivity index (χ1v) is 9.67. The SMILES string of the molecule is C=C1CC(CC)(CC)n2c(C)c[n+]3c4ccccc4c4cccc1c4c23. The largest absolute Gasteiger partial charge is 0.296 e. The maximum atomic E-state index is 4.53. The lowest BCUT2D eigenvalue weighted by Crippen LogP contribution is -2.34. The fourth-order valence-electron chi connectivity index (χ4n) is 5.21. The molecule has 130 valence electrons. The second-order valence-electron chi connectivity index (χ2n) is 7.76. The van der Waals surface area contributed by atoms with Crippen LogP contribution in [0.25, 0.3) is 32.9 Å². The van der Waals surface area contributed by atoms with Gasteiger partial charge in [0, 0.05) is 24.1 Å². The molecule has 2 heteroatoms. The molecule has 0 bridgehead atoms. The van der Waals surface area contributed by atoms with Gasteiger partial charge in [-0.15, -0.1) is 0 Å². The van der Waals surface area contributed by atoms with E-state index in [1.54, 1.807) is 0 Å². The molecular formula is C24H25N2+. The van der Waals surface area contributed by atoms with Gasteiger partial charge in [-0.25, -0.2) is 4.57 Å². The molecule has 4 aromatic rings. The number of fused-ring (bicyclic) bond motifs is 3. The van der Waals surface area contributed by atoms with E-state index in [1.807, 2.05) is 0 Å². The molecule has 26 heavy (non-hydrogen) atoms. The smallest absolute Gasteiger partial charge is 0.221 e. The standard InChI is InChI=1S/C24H25N2/c1-5-24(6-2)14-16(3)18-11-9-12-20-19-10-7-8-13-21(19)25-15-17(4)26(24)23(25)22(18)20/h7-13,15H,3,5-6,14H2,1-2,4H3/q+1. The van der Waals surface area contributed by atoms with Crippen molar-refractivity contribution in [3.05, 3.63) is 66.5 Å². The summed E-state index contributed by atoms with van der Waals surface area (Å²) >= 11 is 0. The predicted octanol–water partition coefficient (Wildman–Crippen LogP) is 5.77. The molecule has 0 aliphatic carbocycles. The Morgan fingerprint density at radius 3 is 2.54 bits per heavy atom. The highest BCUT2D eigenvalue weighted by Crippen LogP contribution is 2.44. The van der Waals surface area contributed by atoms with E-state index in [0.29, 0.717) is 0 Å². The minimum Gasteiger partial charge on any atom is -0.221 e. The van der Waals surface area contributed by atoms with Crippen molar-refractivity contribution in [1.29, 1.82) is 0 Å². The molecule has 0 spiro atoms. The van der Waals surface area contributed by atoms with Crippen LogP contribution in [0.2, 0.25) is 0 Å². The average Bonchev–Trinajstić information content (AvgIpc) is 2.98. The summed E-state index contributed by atoms with van der Waals surface area (Å²) in [5.41, 5.74) is 6.60. The summed E-state index contributed by atoms with van der Waals surface area (Å²) in [6.07, 6.45) is 5.55. The summed E-state index contributed by atoms with van der Waals surface area (Å²) in [4.78, 5) is 0. The number of allylic oxidation sites excluding steroid dienone is 1. The highest BCUT2D eigenvalue weighted by molar-refractivity contribution is 6.13. The monoisotopic (exact) mass is 341 g/mol. The summed E-state index contributed by atoms with van der Waals surface area (Å²) in [6.45, 7) is 11.4. The third kappa shape index (κ3) is 1.74. The zero-order chi connectivity index (χ0) is 18.1. The van der Waals surface area contributed by atoms with E-state index in [4.69, 9.17) is 0 Å². The van der Waals surface area contributed by atoms with Gasteiger partial charge in [0.25, 0.3) is 5.65 Å². The molecule has 0 fully saturated rings. The van der Waals surface area contributed by atoms with Crippen LogP contribution in [0.15, 0.2) is 55.2 Å². The number of nitrogens with zero attached hydrogens (tertiary/aromatic N) is 2. The topological polar surface area (TPSA) is 9.03 Å². The highest BCUT2D eigenvalue weighted by Gasteiger charge is 2.41. The van der Waals surface area contributed by atoms with Gasteiger partial charge in [-0.2, -0.15) is 4.40 Å². The normalized spacial score (nSPS) is 16.0. The van der Waals surface area contributed by atoms with Gasteiger partial charge >= 0.3 is 0 Å². The van der Waals surface area contributed by atoms with Crippen LogP contribution in [0.3, 0.4) is 0 Å². The molecule has 0 atom stereocenters. The Bertz CT molecular complexity index is 1210. The summed E-state index contributed by atoms with van der Waals surface area (Å²) in [5.74, 6) is 0. The van der Waals surface area contributed by atoms with Gasteiger partial charge in [0.15, 0.2) is 0 Å². The van der Waals surface area contributed by atoms with Crippen LogP contribution in [0, 0.1) is 6.92 Å². The number of aryl methyl sites for hydroxylation is 1. The fraction of sp³-hybridized carbons (Fsp3) is 0.292. The van der Waals surface area contributed by atoms with Crippen LogP contribution in [0.4, 0.5) is 0 Å². The molecule has 0 saturated carbocycles. The zero-order valence-electron chi connectivity index (χ0n) is 15.8. The van der Waals surface area contributed by atoms with Gasteiger partial charge in [-0.3, -0.25) is 0 Å². The molecule has 2 aromatic carbocycles. The van der Waals surface area contributed by atoms with Gasteiger partial charge in [-0.05, 0) is 30.0 Å². The average molecular weight is 341 g/mol. The molecule has 0 amide bonds. The highest BCUT2D eigenvalue weighted by atomic mass is 15.2. The number of aromatic nitrogens is 2. The van der Waals surface area contributed by atoms with Gasteiger partial charge in [0.1, 0.15) is 22.9 Å². The number of benzene rings is 2. The van der Waals surface area contributed by atoms with Gasteiger partial charge in [0.05, 0.1) is 5.39 Å². The molecule has 2 aromatic heterocycles. The first-order chi connectivity index (χ1) is 12.6. The predicted molar refractivity (Wildman–Crippen MR) is 110 cm³/mol. The molecule has 0 unspecified atom stereocenters. The van der Waals surface area contributed by atoms with E-state index in [1.165, 1.54) is 44.2 Å². The number of rotatable bonds is 2. The molecule has 5 rings (SSSR count). The van der Waals surface area contributed by atoms with E-state index in [0.717, 1.165) is 19.3 Å². The van der Waals surface area contributed by atoms with Crippen LogP contribution in [0.5, 0.6) is 0 Å². The molecule has 1 aliphatic heterocycles. The van der Waals surface area contributed by atoms with Gasteiger partial charge in [-0.1, -0.05) is 56.8 Å². The van der Waals surface area contributed by atoms with Crippen molar-refractivity contribution in [1.82, 2.24) is 4.57 Å². The Balaban J connectivity index is 2.16. The molecule has 1 aliphatic rings. The lowest BCUT2D eigenvalue weighted by atomic mass is 9.84. The summed E-state index contributed by atoms with van der Waals surface area (Å²) in [6, 6.07) is 15.5. The summed E-state index contributed by atoms with van der Waals surface area (Å²) in [5, 5.41) is 4.00. The van der Waals surface area contributed by atoms with Crippen LogP contribution in [-0.2, 0) is 5.54 Å². The second-order valence-corrected chi connectivity index (χ2v) is 7.76. The first-order valence-electron chi connectivity index (χ1n) is 9.67. The van der Waals surface area contributed by atoms with Crippen molar-refractivity contribution < 1.29 is 4.40 Å². The van der Waals surface area contributed by atoms with Crippen molar-refractivity contribution in [3.63, 3.8) is 0 Å². The van der Waals surface area contributed by atoms with Crippen molar-refractivity contribution in [2.45, 2.75) is 45.6 Å². The van der Waals surface area contributed by atoms with Crippen molar-refractivity contribution in [2.75, 3.05) is 0 Å². The van der Waals surface area contributed by atoms with Crippen LogP contribution >= 0.6 is 0 Å². The fourth-order valence-corrected chi connectivity index (χ4v) is 5.21. The quantitative estimate of drug-likeness (QED) is 0.323. The van der Waals surface area contributed by atoms with Gasteiger partial charge < -0.3 is 0 Å². The molecule has 0 N–H and O–H groups in total. The van der Waals surface area contributed by atoms with Crippen molar-refractivity contribution in [2.24, 2.45) is 0 Å². The summed E-state index contributed by atoms with van der Waals surface area (Å²) < 4.78 is 5.03. The molecule has 0 radical (unpaired) electrons. The second kappa shape index (κ2) is 5.20. The number of hydrogen-bond donors (Lipinski definition) is 0. The van der Waals surface area contributed by atoms with E-state index in [9.17, 15) is 0 Å². The molecular weight excluding hydrogens is 316 g/mol. The maximum absolute atomic E-state index is 4.53. The molecule has 0 saturated heterocycles. The van der Waals surface area contributed by atoms with Gasteiger partial charge in [0.2, 0.25) is 0 Å². The molecule has 3 heterocycles. The number of pyridine rings is 1. The number of imidazole rings is 1. The minimum atomic E-state index is 0.0876. The Kier molecular flexibility index (Phi) is 3.13. The van der Waals surface area contributed by atoms with Crippen molar-refractivity contribution >= 4 is 32.9 Å².